The van der Waals surface area contributed by atoms with E-state index in [0.717, 1.165) is 45.0 Å². The Kier molecular flexibility index (Phi) is 7.59. The van der Waals surface area contributed by atoms with Crippen LogP contribution < -0.4 is 4.74 Å². The zero-order chi connectivity index (χ0) is 21.6. The second-order valence-corrected chi connectivity index (χ2v) is 6.48. The molecule has 0 saturated carbocycles. The molecule has 5 nitrogen and oxygen atoms in total. The molecule has 3 rings (SSSR count). The van der Waals surface area contributed by atoms with E-state index in [0.29, 0.717) is 12.3 Å². The lowest BCUT2D eigenvalue weighted by Gasteiger charge is -2.13. The molecule has 0 spiro atoms. The minimum absolute atomic E-state index is 0.311. The molecule has 0 atom stereocenters. The van der Waals surface area contributed by atoms with Crippen LogP contribution in [0.3, 0.4) is 0 Å². The summed E-state index contributed by atoms with van der Waals surface area (Å²) in [7, 11) is 1.65. The molecular formula is C24H30N2O3. The van der Waals surface area contributed by atoms with Gasteiger partial charge in [0.2, 0.25) is 0 Å². The molecule has 0 aliphatic rings. The van der Waals surface area contributed by atoms with E-state index in [1.54, 1.807) is 14.0 Å². The van der Waals surface area contributed by atoms with Crippen LogP contribution in [0.1, 0.15) is 48.1 Å². The van der Waals surface area contributed by atoms with E-state index in [-0.39, 0.29) is 5.97 Å². The maximum absolute atomic E-state index is 12.6. The van der Waals surface area contributed by atoms with Crippen LogP contribution in [0.4, 0.5) is 0 Å². The molecule has 1 aromatic carbocycles. The van der Waals surface area contributed by atoms with Gasteiger partial charge in [-0.1, -0.05) is 26.0 Å². The van der Waals surface area contributed by atoms with E-state index >= 15 is 0 Å². The van der Waals surface area contributed by atoms with Gasteiger partial charge >= 0.3 is 5.97 Å². The Bertz CT molecular complexity index is 970. The summed E-state index contributed by atoms with van der Waals surface area (Å²) in [5.41, 5.74) is 6.76. The predicted octanol–water partition coefficient (Wildman–Crippen LogP) is 5.88. The first-order valence-corrected chi connectivity index (χ1v) is 9.94. The summed E-state index contributed by atoms with van der Waals surface area (Å²) >= 11 is 0. The fourth-order valence-corrected chi connectivity index (χ4v) is 3.36. The summed E-state index contributed by atoms with van der Waals surface area (Å²) in [6.45, 7) is 12.1. The number of aryl methyl sites for hydroxylation is 2. The first kappa shape index (κ1) is 22.2. The Balaban J connectivity index is 0.00000145. The normalized spacial score (nSPS) is 10.2. The van der Waals surface area contributed by atoms with Gasteiger partial charge in [0.15, 0.2) is 0 Å². The second kappa shape index (κ2) is 9.92. The van der Waals surface area contributed by atoms with E-state index in [1.807, 2.05) is 71.1 Å². The number of H-pyrrole nitrogens is 1. The molecule has 0 amide bonds. The first-order valence-electron chi connectivity index (χ1n) is 9.94. The highest BCUT2D eigenvalue weighted by Gasteiger charge is 2.23. The second-order valence-electron chi connectivity index (χ2n) is 6.48. The van der Waals surface area contributed by atoms with Gasteiger partial charge in [-0.05, 0) is 62.6 Å². The van der Waals surface area contributed by atoms with Crippen molar-refractivity contribution in [2.24, 2.45) is 0 Å². The van der Waals surface area contributed by atoms with Crippen molar-refractivity contribution < 1.29 is 14.3 Å². The Morgan fingerprint density at radius 3 is 2.45 bits per heavy atom. The lowest BCUT2D eigenvalue weighted by atomic mass is 9.95. The van der Waals surface area contributed by atoms with Crippen molar-refractivity contribution >= 4 is 5.97 Å². The number of ether oxygens (including phenoxy) is 2. The number of esters is 1. The number of pyridine rings is 1. The molecule has 3 aromatic rings. The zero-order valence-electron chi connectivity index (χ0n) is 18.3. The highest BCUT2D eigenvalue weighted by molar-refractivity contribution is 6.01. The number of aromatic nitrogens is 2. The number of rotatable bonds is 5. The summed E-state index contributed by atoms with van der Waals surface area (Å²) in [5.74, 6) is 0.408. The molecule has 0 saturated heterocycles. The van der Waals surface area contributed by atoms with Crippen LogP contribution in [0.25, 0.3) is 22.4 Å². The predicted molar refractivity (Wildman–Crippen MR) is 118 cm³/mol. The smallest absolute Gasteiger partial charge is 0.355 e. The molecule has 0 aliphatic heterocycles. The molecule has 1 N–H and O–H groups in total. The van der Waals surface area contributed by atoms with Crippen LogP contribution >= 0.6 is 0 Å². The number of benzene rings is 1. The van der Waals surface area contributed by atoms with Gasteiger partial charge in [-0.2, -0.15) is 0 Å². The van der Waals surface area contributed by atoms with E-state index in [2.05, 4.69) is 9.97 Å². The molecule has 2 aromatic heterocycles. The Hall–Kier alpha value is -3.08. The van der Waals surface area contributed by atoms with Crippen LogP contribution in [0.15, 0.2) is 36.5 Å². The van der Waals surface area contributed by atoms with Crippen LogP contribution in [0.2, 0.25) is 0 Å². The van der Waals surface area contributed by atoms with Crippen LogP contribution in [-0.2, 0) is 4.74 Å². The van der Waals surface area contributed by atoms with Gasteiger partial charge in [-0.3, -0.25) is 4.98 Å². The van der Waals surface area contributed by atoms with E-state index in [4.69, 9.17) is 9.47 Å². The molecule has 0 unspecified atom stereocenters. The molecule has 0 radical (unpaired) electrons. The number of hydrogen-bond acceptors (Lipinski definition) is 4. The minimum Gasteiger partial charge on any atom is -0.496 e. The average Bonchev–Trinajstić information content (AvgIpc) is 3.14. The van der Waals surface area contributed by atoms with Crippen LogP contribution in [0.5, 0.6) is 5.75 Å². The van der Waals surface area contributed by atoms with E-state index < -0.39 is 0 Å². The molecule has 5 heteroatoms. The lowest BCUT2D eigenvalue weighted by molar-refractivity contribution is 0.0521. The fraction of sp³-hybridized carbons (Fsp3) is 0.333. The van der Waals surface area contributed by atoms with Crippen molar-refractivity contribution in [3.05, 3.63) is 59.0 Å². The third-order valence-corrected chi connectivity index (χ3v) is 4.51. The summed E-state index contributed by atoms with van der Waals surface area (Å²) in [6, 6.07) is 9.88. The van der Waals surface area contributed by atoms with Crippen molar-refractivity contribution in [3.63, 3.8) is 0 Å². The third-order valence-electron chi connectivity index (χ3n) is 4.51. The maximum atomic E-state index is 12.6. The van der Waals surface area contributed by atoms with Gasteiger partial charge in [0.25, 0.3) is 0 Å². The van der Waals surface area contributed by atoms with Crippen LogP contribution in [0, 0.1) is 20.8 Å². The molecule has 0 aliphatic carbocycles. The van der Waals surface area contributed by atoms with Crippen molar-refractivity contribution in [2.75, 3.05) is 13.7 Å². The third kappa shape index (κ3) is 4.67. The molecule has 154 valence electrons. The van der Waals surface area contributed by atoms with E-state index in [9.17, 15) is 4.79 Å². The largest absolute Gasteiger partial charge is 0.496 e. The standard InChI is InChI=1S/C22H24N2O3.C2H6/c1-6-27-22(25)21-20(18-11-13(2)10-14(3)24-18)17(12-23-21)16-8-7-9-19(26-5)15(16)4;1-2/h7-12,23H,6H2,1-5H3;1-2H3. The number of nitrogens with one attached hydrogen (secondary N) is 1. The van der Waals surface area contributed by atoms with Crippen molar-refractivity contribution in [1.29, 1.82) is 0 Å². The molecule has 0 fully saturated rings. The number of hydrogen-bond donors (Lipinski definition) is 1. The Morgan fingerprint density at radius 2 is 1.83 bits per heavy atom. The quantitative estimate of drug-likeness (QED) is 0.549. The number of methoxy groups -OCH3 is 1. The summed E-state index contributed by atoms with van der Waals surface area (Å²) in [4.78, 5) is 20.3. The van der Waals surface area contributed by atoms with Gasteiger partial charge in [-0.25, -0.2) is 4.79 Å². The Morgan fingerprint density at radius 1 is 1.10 bits per heavy atom. The monoisotopic (exact) mass is 394 g/mol. The average molecular weight is 395 g/mol. The van der Waals surface area contributed by atoms with Crippen molar-refractivity contribution in [3.8, 4) is 28.1 Å². The maximum Gasteiger partial charge on any atom is 0.355 e. The fourth-order valence-electron chi connectivity index (χ4n) is 3.36. The highest BCUT2D eigenvalue weighted by atomic mass is 16.5. The summed E-state index contributed by atoms with van der Waals surface area (Å²) < 4.78 is 10.7. The molecule has 29 heavy (non-hydrogen) atoms. The lowest BCUT2D eigenvalue weighted by Crippen LogP contribution is -2.07. The van der Waals surface area contributed by atoms with E-state index in [1.165, 1.54) is 0 Å². The van der Waals surface area contributed by atoms with Crippen molar-refractivity contribution in [1.82, 2.24) is 9.97 Å². The number of carbonyl (C=O) groups is 1. The minimum atomic E-state index is -0.389. The van der Waals surface area contributed by atoms with Gasteiger partial charge in [0.1, 0.15) is 11.4 Å². The van der Waals surface area contributed by atoms with Crippen LogP contribution in [-0.4, -0.2) is 29.7 Å². The Labute approximate surface area is 173 Å². The number of nitrogens with zero attached hydrogens (tertiary/aromatic N) is 1. The summed E-state index contributed by atoms with van der Waals surface area (Å²) in [5, 5.41) is 0. The SMILES string of the molecule is CC.CCOC(=O)c1[nH]cc(-c2cccc(OC)c2C)c1-c1cc(C)cc(C)n1. The molecule has 0 bridgehead atoms. The molecular weight excluding hydrogens is 364 g/mol. The number of carbonyl (C=O) groups excluding carboxylic acids is 1. The van der Waals surface area contributed by atoms with Gasteiger partial charge < -0.3 is 14.5 Å². The topological polar surface area (TPSA) is 64.2 Å². The first-order chi connectivity index (χ1) is 14.0. The highest BCUT2D eigenvalue weighted by Crippen LogP contribution is 2.38. The molecule has 2 heterocycles. The summed E-state index contributed by atoms with van der Waals surface area (Å²) in [6.07, 6.45) is 1.84. The zero-order valence-corrected chi connectivity index (χ0v) is 18.3. The van der Waals surface area contributed by atoms with Gasteiger partial charge in [-0.15, -0.1) is 0 Å². The van der Waals surface area contributed by atoms with Gasteiger partial charge in [0.05, 0.1) is 19.4 Å². The van der Waals surface area contributed by atoms with Gasteiger partial charge in [0, 0.05) is 23.0 Å². The van der Waals surface area contributed by atoms with Crippen molar-refractivity contribution in [2.45, 2.75) is 41.5 Å². The number of aromatic amines is 1.